The number of hydrogen-bond donors (Lipinski definition) is 0. The third-order valence-electron chi connectivity index (χ3n) is 3.02. The maximum absolute atomic E-state index is 12.1. The molecule has 1 saturated heterocycles. The van der Waals surface area contributed by atoms with Crippen LogP contribution < -0.4 is 0 Å². The lowest BCUT2D eigenvalue weighted by Crippen LogP contribution is -2.46. The van der Waals surface area contributed by atoms with E-state index in [1.54, 1.807) is 44.2 Å². The van der Waals surface area contributed by atoms with Crippen molar-refractivity contribution in [3.05, 3.63) is 48.0 Å². The van der Waals surface area contributed by atoms with E-state index in [1.807, 2.05) is 0 Å². The predicted octanol–water partition coefficient (Wildman–Crippen LogP) is 2.06. The van der Waals surface area contributed by atoms with Crippen LogP contribution in [0.1, 0.15) is 30.6 Å². The molecule has 1 aromatic carbocycles. The fourth-order valence-corrected chi connectivity index (χ4v) is 3.51. The van der Waals surface area contributed by atoms with Gasteiger partial charge in [-0.05, 0) is 32.4 Å². The second-order valence-corrected chi connectivity index (χ2v) is 6.75. The molecular weight excluding hydrogens is 294 g/mol. The molecule has 0 aliphatic carbocycles. The summed E-state index contributed by atoms with van der Waals surface area (Å²) < 4.78 is 29.3. The molecule has 1 aliphatic heterocycles. The van der Waals surface area contributed by atoms with Gasteiger partial charge in [-0.2, -0.15) is 8.42 Å². The van der Waals surface area contributed by atoms with Crippen molar-refractivity contribution in [3.63, 3.8) is 0 Å². The molecule has 0 bridgehead atoms. The van der Waals surface area contributed by atoms with Crippen LogP contribution in [0.4, 0.5) is 0 Å². The zero-order chi connectivity index (χ0) is 15.7. The highest BCUT2D eigenvalue weighted by atomic mass is 32.2. The van der Waals surface area contributed by atoms with Crippen molar-refractivity contribution < 1.29 is 22.2 Å². The lowest BCUT2D eigenvalue weighted by atomic mass is 9.96. The molecule has 0 saturated carbocycles. The van der Waals surface area contributed by atoms with Gasteiger partial charge < -0.3 is 4.84 Å². The van der Waals surface area contributed by atoms with E-state index in [0.29, 0.717) is 10.9 Å². The fourth-order valence-electron chi connectivity index (χ4n) is 2.20. The molecule has 0 spiro atoms. The van der Waals surface area contributed by atoms with Gasteiger partial charge in [-0.15, -0.1) is 6.58 Å². The first-order valence-electron chi connectivity index (χ1n) is 6.36. The molecule has 0 amide bonds. The Morgan fingerprint density at radius 3 is 2.62 bits per heavy atom. The first kappa shape index (κ1) is 15.7. The summed E-state index contributed by atoms with van der Waals surface area (Å²) in [5.74, 6) is -0.752. The molecule has 1 aromatic rings. The summed E-state index contributed by atoms with van der Waals surface area (Å²) in [6.07, 6.45) is 0.328. The van der Waals surface area contributed by atoms with Gasteiger partial charge >= 0.3 is 16.3 Å². The molecular formula is C14H17NO5S. The Balaban J connectivity index is 2.26. The van der Waals surface area contributed by atoms with E-state index in [2.05, 4.69) is 6.58 Å². The Morgan fingerprint density at radius 1 is 1.43 bits per heavy atom. The smallest absolute Gasteiger partial charge is 0.346 e. The molecule has 21 heavy (non-hydrogen) atoms. The maximum atomic E-state index is 12.1. The van der Waals surface area contributed by atoms with E-state index in [1.165, 1.54) is 0 Å². The quantitative estimate of drug-likeness (QED) is 0.796. The third-order valence-corrected chi connectivity index (χ3v) is 4.36. The van der Waals surface area contributed by atoms with Gasteiger partial charge in [0.15, 0.2) is 0 Å². The number of hydroxylamine groups is 1. The Labute approximate surface area is 124 Å². The number of rotatable bonds is 4. The number of benzene rings is 1. The van der Waals surface area contributed by atoms with E-state index in [9.17, 15) is 13.2 Å². The highest BCUT2D eigenvalue weighted by molar-refractivity contribution is 7.84. The molecule has 1 unspecified atom stereocenters. The third kappa shape index (κ3) is 3.31. The van der Waals surface area contributed by atoms with Gasteiger partial charge in [0.2, 0.25) is 0 Å². The lowest BCUT2D eigenvalue weighted by Gasteiger charge is -2.28. The summed E-state index contributed by atoms with van der Waals surface area (Å²) in [7, 11) is -4.09. The summed E-state index contributed by atoms with van der Waals surface area (Å²) >= 11 is 0. The molecule has 0 aromatic heterocycles. The average molecular weight is 311 g/mol. The zero-order valence-electron chi connectivity index (χ0n) is 11.9. The summed E-state index contributed by atoms with van der Waals surface area (Å²) in [5, 5.41) is 0. The minimum Gasteiger partial charge on any atom is -0.346 e. The van der Waals surface area contributed by atoms with Crippen LogP contribution >= 0.6 is 0 Å². The topological polar surface area (TPSA) is 72.9 Å². The SMILES string of the molecule is C=C(C)CC1(C)COS(=O)(=O)N1OC(=O)c1ccccc1. The molecule has 2 rings (SSSR count). The zero-order valence-corrected chi connectivity index (χ0v) is 12.7. The molecule has 114 valence electrons. The largest absolute Gasteiger partial charge is 0.370 e. The standard InChI is InChI=1S/C14H17NO5S/c1-11(2)9-14(3)10-19-21(17,18)15(14)20-13(16)12-7-5-4-6-8-12/h4-8H,1,9-10H2,2-3H3. The van der Waals surface area contributed by atoms with Crippen molar-refractivity contribution in [2.45, 2.75) is 25.8 Å². The summed E-state index contributed by atoms with van der Waals surface area (Å²) in [5.41, 5.74) is 0.0333. The first-order chi connectivity index (χ1) is 9.74. The van der Waals surface area contributed by atoms with Crippen LogP contribution in [0.15, 0.2) is 42.5 Å². The van der Waals surface area contributed by atoms with Gasteiger partial charge in [-0.1, -0.05) is 23.8 Å². The Morgan fingerprint density at radius 2 is 2.05 bits per heavy atom. The Bertz CT molecular complexity index is 655. The van der Waals surface area contributed by atoms with Gasteiger partial charge in [0.1, 0.15) is 5.54 Å². The molecule has 6 nitrogen and oxygen atoms in total. The van der Waals surface area contributed by atoms with Crippen LogP contribution in [0, 0.1) is 0 Å². The number of carbonyl (C=O) groups excluding carboxylic acids is 1. The van der Waals surface area contributed by atoms with E-state index in [0.717, 1.165) is 5.57 Å². The molecule has 0 radical (unpaired) electrons. The molecule has 1 atom stereocenters. The maximum Gasteiger partial charge on any atom is 0.370 e. The monoisotopic (exact) mass is 311 g/mol. The number of nitrogens with zero attached hydrogens (tertiary/aromatic N) is 1. The van der Waals surface area contributed by atoms with Crippen molar-refractivity contribution in [2.75, 3.05) is 6.61 Å². The van der Waals surface area contributed by atoms with Crippen LogP contribution in [-0.4, -0.2) is 31.0 Å². The minimum absolute atomic E-state index is 0.0930. The second-order valence-electron chi connectivity index (χ2n) is 5.32. The average Bonchev–Trinajstić information content (AvgIpc) is 2.63. The van der Waals surface area contributed by atoms with E-state index < -0.39 is 21.8 Å². The van der Waals surface area contributed by atoms with E-state index in [-0.39, 0.29) is 12.2 Å². The van der Waals surface area contributed by atoms with Crippen LogP contribution in [0.3, 0.4) is 0 Å². The summed E-state index contributed by atoms with van der Waals surface area (Å²) in [6, 6.07) is 8.17. The second kappa shape index (κ2) is 5.59. The molecule has 1 aliphatic rings. The van der Waals surface area contributed by atoms with Crippen LogP contribution in [0.25, 0.3) is 0 Å². The van der Waals surface area contributed by atoms with Gasteiger partial charge in [-0.3, -0.25) is 4.18 Å². The van der Waals surface area contributed by atoms with Crippen LogP contribution in [-0.2, 0) is 19.3 Å². The van der Waals surface area contributed by atoms with Crippen molar-refractivity contribution >= 4 is 16.3 Å². The predicted molar refractivity (Wildman–Crippen MR) is 76.4 cm³/mol. The van der Waals surface area contributed by atoms with Crippen molar-refractivity contribution in [1.82, 2.24) is 4.47 Å². The normalized spacial score (nSPS) is 24.7. The van der Waals surface area contributed by atoms with Gasteiger partial charge in [0.05, 0.1) is 12.2 Å². The van der Waals surface area contributed by atoms with Gasteiger partial charge in [-0.25, -0.2) is 4.79 Å². The van der Waals surface area contributed by atoms with Crippen LogP contribution in [0.5, 0.6) is 0 Å². The highest BCUT2D eigenvalue weighted by Crippen LogP contribution is 2.34. The van der Waals surface area contributed by atoms with E-state index in [4.69, 9.17) is 9.02 Å². The van der Waals surface area contributed by atoms with E-state index >= 15 is 0 Å². The fraction of sp³-hybridized carbons (Fsp3) is 0.357. The Hall–Kier alpha value is -1.70. The van der Waals surface area contributed by atoms with Crippen molar-refractivity contribution in [2.24, 2.45) is 0 Å². The minimum atomic E-state index is -4.09. The molecule has 1 heterocycles. The molecule has 7 heteroatoms. The molecule has 0 N–H and O–H groups in total. The lowest BCUT2D eigenvalue weighted by molar-refractivity contribution is -0.0908. The first-order valence-corrected chi connectivity index (χ1v) is 7.73. The highest BCUT2D eigenvalue weighted by Gasteiger charge is 2.51. The number of hydrogen-bond acceptors (Lipinski definition) is 5. The summed E-state index contributed by atoms with van der Waals surface area (Å²) in [6.45, 7) is 7.09. The van der Waals surface area contributed by atoms with Crippen LogP contribution in [0.2, 0.25) is 0 Å². The van der Waals surface area contributed by atoms with Gasteiger partial charge in [0.25, 0.3) is 0 Å². The summed E-state index contributed by atoms with van der Waals surface area (Å²) in [4.78, 5) is 17.1. The van der Waals surface area contributed by atoms with Crippen molar-refractivity contribution in [3.8, 4) is 0 Å². The number of carbonyl (C=O) groups is 1. The molecule has 1 fully saturated rings. The van der Waals surface area contributed by atoms with Crippen molar-refractivity contribution in [1.29, 1.82) is 0 Å². The van der Waals surface area contributed by atoms with Gasteiger partial charge in [0, 0.05) is 4.47 Å². The Kier molecular flexibility index (Phi) is 4.18.